The van der Waals surface area contributed by atoms with Crippen LogP contribution in [0.15, 0.2) is 31.8 Å². The molecule has 0 aromatic heterocycles. The van der Waals surface area contributed by atoms with Crippen molar-refractivity contribution in [3.05, 3.63) is 34.1 Å². The molecule has 0 saturated carbocycles. The van der Waals surface area contributed by atoms with E-state index in [1.54, 1.807) is 5.31 Å². The summed E-state index contributed by atoms with van der Waals surface area (Å²) in [5.74, 6) is 0. The average Bonchev–Trinajstić information content (AvgIpc) is 2.55. The van der Waals surface area contributed by atoms with Crippen LogP contribution in [0.2, 0.25) is 9.62 Å². The maximum atomic E-state index is 10.3. The van der Waals surface area contributed by atoms with Gasteiger partial charge in [-0.2, -0.15) is 0 Å². The van der Waals surface area contributed by atoms with Crippen molar-refractivity contribution in [1.29, 1.82) is 0 Å². The van der Waals surface area contributed by atoms with Gasteiger partial charge < -0.3 is 0 Å². The third-order valence-electron chi connectivity index (χ3n) is 1.53. The Kier molecular flexibility index (Phi) is 2.45. The molecule has 60 valence electrons. The molecule has 4 nitrogen and oxygen atoms in total. The summed E-state index contributed by atoms with van der Waals surface area (Å²) in [6, 6.07) is 0. The van der Waals surface area contributed by atoms with Crippen molar-refractivity contribution in [3.63, 3.8) is 0 Å². The Morgan fingerprint density at radius 3 is 2.00 bits per heavy atom. The fourth-order valence-electron chi connectivity index (χ4n) is 0.822. The van der Waals surface area contributed by atoms with Gasteiger partial charge in [-0.05, 0) is 0 Å². The van der Waals surface area contributed by atoms with Crippen molar-refractivity contribution in [2.75, 3.05) is 0 Å². The molecule has 0 aromatic rings. The molecule has 0 atom stereocenters. The van der Waals surface area contributed by atoms with Gasteiger partial charge in [0.05, 0.1) is 0 Å². The van der Waals surface area contributed by atoms with Gasteiger partial charge in [0.25, 0.3) is 0 Å². The molecule has 0 spiro atoms. The van der Waals surface area contributed by atoms with Crippen molar-refractivity contribution in [2.45, 2.75) is 9.62 Å². The van der Waals surface area contributed by atoms with E-state index in [2.05, 4.69) is 7.47 Å². The zero-order valence-electron chi connectivity index (χ0n) is 6.01. The predicted molar refractivity (Wildman–Crippen MR) is 39.5 cm³/mol. The van der Waals surface area contributed by atoms with Gasteiger partial charge in [-0.25, -0.2) is 0 Å². The molecule has 0 N–H and O–H groups in total. The quantitative estimate of drug-likeness (QED) is 0.749. The molecule has 1 aliphatic rings. The van der Waals surface area contributed by atoms with E-state index in [1.807, 2.05) is 24.3 Å². The second-order valence-electron chi connectivity index (χ2n) is 2.28. The fourth-order valence-corrected chi connectivity index (χ4v) is 4.42. The van der Waals surface area contributed by atoms with Crippen LogP contribution in [0.4, 0.5) is 0 Å². The minimum absolute atomic E-state index is 0.0718. The van der Waals surface area contributed by atoms with Gasteiger partial charge in [-0.15, -0.1) is 0 Å². The van der Waals surface area contributed by atoms with Crippen molar-refractivity contribution in [1.82, 2.24) is 0 Å². The number of allylic oxidation sites excluding steroid dienone is 4. The number of hydrogen-bond acceptors (Lipinski definition) is 4. The molecule has 0 saturated heterocycles. The van der Waals surface area contributed by atoms with Crippen molar-refractivity contribution >= 4 is 0 Å². The van der Waals surface area contributed by atoms with E-state index in [1.165, 1.54) is 0 Å². The van der Waals surface area contributed by atoms with E-state index in [9.17, 15) is 9.81 Å². The topological polar surface area (TPSA) is 58.9 Å². The molecule has 0 fully saturated rings. The molecule has 0 bridgehead atoms. The number of hydrogen-bond donors (Lipinski definition) is 0. The minimum atomic E-state index is -3.51. The standard InChI is InChI=1S/C5H5.CH3.2NO.W/c1-2-4-5-3-1;;2*1-2;/h1-5H;1H3;;;/q;;2*-1;+2. The van der Waals surface area contributed by atoms with Gasteiger partial charge in [-0.1, -0.05) is 0 Å². The zero-order chi connectivity index (χ0) is 8.32. The average molecular weight is 324 g/mol. The Morgan fingerprint density at radius 2 is 1.64 bits per heavy atom. The first-order valence-electron chi connectivity index (χ1n) is 3.04. The van der Waals surface area contributed by atoms with Gasteiger partial charge in [0.1, 0.15) is 0 Å². The molecule has 0 unspecified atom stereocenters. The molecule has 11 heavy (non-hydrogen) atoms. The van der Waals surface area contributed by atoms with Crippen LogP contribution in [0.3, 0.4) is 0 Å². The molecular formula is C6H8N2O2W. The van der Waals surface area contributed by atoms with Crippen LogP contribution in [0.5, 0.6) is 0 Å². The number of rotatable bonds is 3. The first-order chi connectivity index (χ1) is 5.23. The summed E-state index contributed by atoms with van der Waals surface area (Å²) < 4.78 is 5.72. The van der Waals surface area contributed by atoms with Gasteiger partial charge in [-0.3, -0.25) is 0 Å². The Morgan fingerprint density at radius 1 is 1.18 bits per heavy atom. The summed E-state index contributed by atoms with van der Waals surface area (Å²) in [5, 5.41) is 1.62. The second-order valence-corrected chi connectivity index (χ2v) is 11.7. The summed E-state index contributed by atoms with van der Waals surface area (Å²) in [4.78, 5) is 20.7. The van der Waals surface area contributed by atoms with Gasteiger partial charge in [0, 0.05) is 0 Å². The van der Waals surface area contributed by atoms with Crippen molar-refractivity contribution in [2.24, 2.45) is 7.47 Å². The first-order valence-corrected chi connectivity index (χ1v) is 10.3. The normalized spacial score (nSPS) is 18.6. The SMILES string of the molecule is [CH3][W]([N]=O)([N]=O)[CH]1C=CC=C1. The maximum absolute atomic E-state index is 10.3. The summed E-state index contributed by atoms with van der Waals surface area (Å²) >= 11 is -3.51. The first kappa shape index (κ1) is 8.46. The van der Waals surface area contributed by atoms with E-state index < -0.39 is 16.6 Å². The molecule has 0 amide bonds. The molecular weight excluding hydrogens is 316 g/mol. The summed E-state index contributed by atoms with van der Waals surface area (Å²) in [7, 11) is 0. The van der Waals surface area contributed by atoms with Gasteiger partial charge in [0.2, 0.25) is 0 Å². The summed E-state index contributed by atoms with van der Waals surface area (Å²) in [6.45, 7) is 0. The van der Waals surface area contributed by atoms with Crippen molar-refractivity contribution < 1.29 is 16.6 Å². The van der Waals surface area contributed by atoms with Crippen LogP contribution >= 0.6 is 0 Å². The van der Waals surface area contributed by atoms with Crippen LogP contribution in [-0.4, -0.2) is 0 Å². The van der Waals surface area contributed by atoms with E-state index in [-0.39, 0.29) is 4.31 Å². The molecule has 0 aliphatic heterocycles. The van der Waals surface area contributed by atoms with Crippen LogP contribution in [0.25, 0.3) is 0 Å². The molecule has 1 aliphatic carbocycles. The number of nitroso groups, excluding NO2 is 2. The van der Waals surface area contributed by atoms with E-state index >= 15 is 0 Å². The van der Waals surface area contributed by atoms with Crippen molar-refractivity contribution in [3.8, 4) is 0 Å². The third-order valence-corrected chi connectivity index (χ3v) is 8.53. The molecule has 1 rings (SSSR count). The monoisotopic (exact) mass is 324 g/mol. The van der Waals surface area contributed by atoms with E-state index in [0.717, 1.165) is 0 Å². The van der Waals surface area contributed by atoms with Crippen LogP contribution in [0.1, 0.15) is 0 Å². The Labute approximate surface area is 68.1 Å². The van der Waals surface area contributed by atoms with Gasteiger partial charge >= 0.3 is 67.8 Å². The van der Waals surface area contributed by atoms with E-state index in [0.29, 0.717) is 0 Å². The van der Waals surface area contributed by atoms with E-state index in [4.69, 9.17) is 0 Å². The molecule has 0 aromatic carbocycles. The Hall–Kier alpha value is -0.632. The number of nitrogens with zero attached hydrogens (tertiary/aromatic N) is 2. The zero-order valence-corrected chi connectivity index (χ0v) is 8.94. The van der Waals surface area contributed by atoms with Crippen LogP contribution in [0, 0.1) is 9.81 Å². The Bertz CT molecular complexity index is 217. The van der Waals surface area contributed by atoms with Crippen LogP contribution < -0.4 is 0 Å². The molecule has 0 radical (unpaired) electrons. The third kappa shape index (κ3) is 1.51. The summed E-state index contributed by atoms with van der Waals surface area (Å²) in [6.07, 6.45) is 7.27. The molecule has 5 heteroatoms. The predicted octanol–water partition coefficient (Wildman–Crippen LogP) is 2.47. The Balaban J connectivity index is 2.85. The van der Waals surface area contributed by atoms with Gasteiger partial charge in [0.15, 0.2) is 0 Å². The van der Waals surface area contributed by atoms with Crippen LogP contribution in [-0.2, 0) is 16.6 Å². The fraction of sp³-hybridized carbons (Fsp3) is 0.333. The molecule has 0 heterocycles. The second kappa shape index (κ2) is 3.18. The summed E-state index contributed by atoms with van der Waals surface area (Å²) in [5.41, 5.74) is 0.